The van der Waals surface area contributed by atoms with Crippen LogP contribution in [0.2, 0.25) is 0 Å². The largest absolute Gasteiger partial charge is 0.469 e. The molecule has 1 aromatic rings. The number of ether oxygens (including phenoxy) is 2. The monoisotopic (exact) mass is 440 g/mol. The summed E-state index contributed by atoms with van der Waals surface area (Å²) >= 11 is 10.4. The molecule has 1 unspecified atom stereocenters. The number of ketones is 2. The molecule has 7 nitrogen and oxygen atoms in total. The van der Waals surface area contributed by atoms with Crippen molar-refractivity contribution >= 4 is 55.9 Å². The predicted octanol–water partition coefficient (Wildman–Crippen LogP) is 2.10. The Morgan fingerprint density at radius 1 is 0.963 bits per heavy atom. The van der Waals surface area contributed by atoms with Gasteiger partial charge in [-0.3, -0.25) is 19.2 Å². The quantitative estimate of drug-likeness (QED) is 0.285. The molecule has 1 aromatic carbocycles. The lowest BCUT2D eigenvalue weighted by molar-refractivity contribution is -0.147. The third-order valence-corrected chi connectivity index (χ3v) is 3.05. The summed E-state index contributed by atoms with van der Waals surface area (Å²) in [6.45, 7) is 0.190. The SMILES string of the molecule is COC(=O)CC(=O)CCl.O=C(CCl)CC(=O)OCc1ccccc1.OCP. The zero-order valence-electron chi connectivity index (χ0n) is 14.9. The fourth-order valence-corrected chi connectivity index (χ4v) is 1.47. The standard InChI is InChI=1S/C11H11ClO3.C5H7ClO3.CH5OP/c12-7-10(13)6-11(14)15-8-9-4-2-1-3-5-9;1-9-5(8)2-4(7)3-6;2-1-3/h1-5H,6-8H2;2-3H2,1H3;2H,1,3H2. The second kappa shape index (κ2) is 19.2. The van der Waals surface area contributed by atoms with Crippen LogP contribution in [-0.4, -0.2) is 53.8 Å². The van der Waals surface area contributed by atoms with Gasteiger partial charge in [-0.15, -0.1) is 32.4 Å². The highest BCUT2D eigenvalue weighted by atomic mass is 35.5. The lowest BCUT2D eigenvalue weighted by Gasteiger charge is -2.03. The smallest absolute Gasteiger partial charge is 0.313 e. The van der Waals surface area contributed by atoms with Crippen LogP contribution in [0.25, 0.3) is 0 Å². The van der Waals surface area contributed by atoms with Crippen molar-refractivity contribution in [3.63, 3.8) is 0 Å². The fourth-order valence-electron chi connectivity index (χ4n) is 1.28. The number of hydrogen-bond acceptors (Lipinski definition) is 7. The molecule has 0 saturated heterocycles. The van der Waals surface area contributed by atoms with Gasteiger partial charge < -0.3 is 14.6 Å². The van der Waals surface area contributed by atoms with Crippen LogP contribution < -0.4 is 0 Å². The van der Waals surface area contributed by atoms with Crippen molar-refractivity contribution in [1.82, 2.24) is 0 Å². The van der Waals surface area contributed by atoms with Crippen molar-refractivity contribution in [1.29, 1.82) is 0 Å². The molecule has 0 aliphatic carbocycles. The molecule has 0 aromatic heterocycles. The number of carbonyl (C=O) groups is 4. The lowest BCUT2D eigenvalue weighted by Crippen LogP contribution is -2.11. The third-order valence-electron chi connectivity index (χ3n) is 2.45. The number of carbonyl (C=O) groups excluding carboxylic acids is 4. The van der Waals surface area contributed by atoms with Crippen LogP contribution in [0.15, 0.2) is 30.3 Å². The van der Waals surface area contributed by atoms with Gasteiger partial charge in [-0.2, -0.15) is 0 Å². The average Bonchev–Trinajstić information content (AvgIpc) is 2.68. The molecule has 0 aliphatic rings. The van der Waals surface area contributed by atoms with Crippen LogP contribution in [-0.2, 0) is 35.3 Å². The number of alkyl halides is 2. The van der Waals surface area contributed by atoms with Crippen LogP contribution in [0.1, 0.15) is 18.4 Å². The maximum absolute atomic E-state index is 11.1. The number of Topliss-reactive ketones (excluding diaryl/α,β-unsaturated/α-hetero) is 2. The molecule has 0 spiro atoms. The van der Waals surface area contributed by atoms with E-state index in [4.69, 9.17) is 33.0 Å². The summed E-state index contributed by atoms with van der Waals surface area (Å²) in [5.74, 6) is -2.00. The van der Waals surface area contributed by atoms with Gasteiger partial charge in [-0.05, 0) is 5.56 Å². The Morgan fingerprint density at radius 3 is 1.81 bits per heavy atom. The van der Waals surface area contributed by atoms with Crippen molar-refractivity contribution in [2.45, 2.75) is 19.4 Å². The molecule has 0 saturated carbocycles. The number of aliphatic hydroxyl groups is 1. The normalized spacial score (nSPS) is 8.93. The summed E-state index contributed by atoms with van der Waals surface area (Å²) in [6, 6.07) is 9.27. The molecule has 152 valence electrons. The van der Waals surface area contributed by atoms with E-state index in [9.17, 15) is 19.2 Å². The van der Waals surface area contributed by atoms with Crippen LogP contribution >= 0.6 is 32.4 Å². The van der Waals surface area contributed by atoms with E-state index in [-0.39, 0.29) is 49.1 Å². The third kappa shape index (κ3) is 19.0. The lowest BCUT2D eigenvalue weighted by atomic mass is 10.2. The summed E-state index contributed by atoms with van der Waals surface area (Å²) in [4.78, 5) is 42.5. The highest BCUT2D eigenvalue weighted by Crippen LogP contribution is 2.02. The van der Waals surface area contributed by atoms with Crippen molar-refractivity contribution in [3.05, 3.63) is 35.9 Å². The molecule has 1 N–H and O–H groups in total. The summed E-state index contributed by atoms with van der Waals surface area (Å²) in [7, 11) is 3.36. The number of methoxy groups -OCH3 is 1. The Balaban J connectivity index is 0. The van der Waals surface area contributed by atoms with Gasteiger partial charge in [0.05, 0.1) is 25.2 Å². The molecule has 0 heterocycles. The molecule has 0 aliphatic heterocycles. The zero-order valence-corrected chi connectivity index (χ0v) is 17.5. The van der Waals surface area contributed by atoms with Gasteiger partial charge in [0.25, 0.3) is 0 Å². The molecule has 1 rings (SSSR count). The Kier molecular flexibility index (Phi) is 19.7. The first-order valence-corrected chi connectivity index (χ1v) is 9.45. The van der Waals surface area contributed by atoms with E-state index in [0.717, 1.165) is 5.56 Å². The molecular weight excluding hydrogens is 418 g/mol. The van der Waals surface area contributed by atoms with E-state index < -0.39 is 11.9 Å². The van der Waals surface area contributed by atoms with Crippen LogP contribution in [0.3, 0.4) is 0 Å². The molecular formula is C17H23Cl2O7P. The van der Waals surface area contributed by atoms with E-state index in [2.05, 4.69) is 14.0 Å². The summed E-state index contributed by atoms with van der Waals surface area (Å²) in [5, 5.41) is 7.53. The van der Waals surface area contributed by atoms with Crippen molar-refractivity contribution in [2.75, 3.05) is 25.2 Å². The minimum Gasteiger partial charge on any atom is -0.469 e. The summed E-state index contributed by atoms with van der Waals surface area (Å²) < 4.78 is 9.09. The van der Waals surface area contributed by atoms with Crippen LogP contribution in [0.5, 0.6) is 0 Å². The average molecular weight is 441 g/mol. The molecule has 0 amide bonds. The number of rotatable bonds is 8. The highest BCUT2D eigenvalue weighted by molar-refractivity contribution is 7.16. The van der Waals surface area contributed by atoms with E-state index in [1.165, 1.54) is 7.11 Å². The van der Waals surface area contributed by atoms with Gasteiger partial charge in [0.1, 0.15) is 19.4 Å². The van der Waals surface area contributed by atoms with E-state index >= 15 is 0 Å². The molecule has 10 heteroatoms. The fraction of sp³-hybridized carbons (Fsp3) is 0.412. The zero-order chi connectivity index (χ0) is 21.1. The van der Waals surface area contributed by atoms with Crippen molar-refractivity contribution in [3.8, 4) is 0 Å². The molecule has 27 heavy (non-hydrogen) atoms. The maximum Gasteiger partial charge on any atom is 0.313 e. The van der Waals surface area contributed by atoms with Gasteiger partial charge in [-0.25, -0.2) is 0 Å². The van der Waals surface area contributed by atoms with Crippen molar-refractivity contribution in [2.24, 2.45) is 0 Å². The first kappa shape index (κ1) is 27.7. The Hall–Kier alpha value is -1.53. The Labute approximate surface area is 170 Å². The Bertz CT molecular complexity index is 554. The van der Waals surface area contributed by atoms with Gasteiger partial charge in [0, 0.05) is 0 Å². The molecule has 0 radical (unpaired) electrons. The van der Waals surface area contributed by atoms with Gasteiger partial charge >= 0.3 is 11.9 Å². The minimum atomic E-state index is -0.541. The predicted molar refractivity (Wildman–Crippen MR) is 106 cm³/mol. The first-order valence-electron chi connectivity index (χ1n) is 7.57. The van der Waals surface area contributed by atoms with E-state index in [1.54, 1.807) is 0 Å². The van der Waals surface area contributed by atoms with Gasteiger partial charge in [0.2, 0.25) is 0 Å². The summed E-state index contributed by atoms with van der Waals surface area (Å²) in [6.07, 6.45) is -0.309. The molecule has 0 fully saturated rings. The number of aliphatic hydroxyl groups excluding tert-OH is 1. The minimum absolute atomic E-state index is 0.130. The van der Waals surface area contributed by atoms with Gasteiger partial charge in [0.15, 0.2) is 11.6 Å². The van der Waals surface area contributed by atoms with Crippen LogP contribution in [0, 0.1) is 0 Å². The number of halogens is 2. The highest BCUT2D eigenvalue weighted by Gasteiger charge is 2.09. The topological polar surface area (TPSA) is 107 Å². The number of esters is 2. The first-order chi connectivity index (χ1) is 12.8. The number of benzene rings is 1. The summed E-state index contributed by atoms with van der Waals surface area (Å²) in [5.41, 5.74) is 0.893. The van der Waals surface area contributed by atoms with E-state index in [1.807, 2.05) is 30.3 Å². The maximum atomic E-state index is 11.1. The Morgan fingerprint density at radius 2 is 1.41 bits per heavy atom. The molecule has 0 bridgehead atoms. The van der Waals surface area contributed by atoms with Crippen LogP contribution in [0.4, 0.5) is 0 Å². The van der Waals surface area contributed by atoms with Gasteiger partial charge in [-0.1, -0.05) is 30.3 Å². The van der Waals surface area contributed by atoms with Crippen molar-refractivity contribution < 1.29 is 33.8 Å². The number of hydrogen-bond donors (Lipinski definition) is 1. The van der Waals surface area contributed by atoms with E-state index in [0.29, 0.717) is 0 Å². The second-order valence-corrected chi connectivity index (χ2v) is 5.50. The second-order valence-electron chi connectivity index (χ2n) is 4.60. The molecule has 1 atom stereocenters.